The summed E-state index contributed by atoms with van der Waals surface area (Å²) in [5.41, 5.74) is 1.69. The first kappa shape index (κ1) is 15.6. The molecule has 1 atom stereocenters. The van der Waals surface area contributed by atoms with Crippen LogP contribution in [0.2, 0.25) is 0 Å². The van der Waals surface area contributed by atoms with Crippen molar-refractivity contribution in [2.75, 3.05) is 31.7 Å². The van der Waals surface area contributed by atoms with E-state index in [0.29, 0.717) is 5.92 Å². The van der Waals surface area contributed by atoms with E-state index in [1.54, 1.807) is 10.8 Å². The van der Waals surface area contributed by atoms with E-state index in [9.17, 15) is 4.79 Å². The van der Waals surface area contributed by atoms with Crippen molar-refractivity contribution in [3.63, 3.8) is 0 Å². The number of nitrogens with zero attached hydrogens (tertiary/aromatic N) is 3. The van der Waals surface area contributed by atoms with Crippen molar-refractivity contribution in [2.24, 2.45) is 13.0 Å². The first-order chi connectivity index (χ1) is 9.99. The van der Waals surface area contributed by atoms with Crippen LogP contribution in [-0.2, 0) is 16.6 Å². The second-order valence-electron chi connectivity index (χ2n) is 5.58. The van der Waals surface area contributed by atoms with Gasteiger partial charge in [-0.05, 0) is 31.8 Å². The zero-order valence-electron chi connectivity index (χ0n) is 12.9. The molecule has 1 unspecified atom stereocenters. The fraction of sp³-hybridized carbons (Fsp3) is 0.600. The topological polar surface area (TPSA) is 67.6 Å². The highest BCUT2D eigenvalue weighted by atomic mass is 16.5. The Morgan fingerprint density at radius 3 is 3.00 bits per heavy atom. The summed E-state index contributed by atoms with van der Waals surface area (Å²) >= 11 is 0. The van der Waals surface area contributed by atoms with Crippen molar-refractivity contribution < 1.29 is 14.6 Å². The van der Waals surface area contributed by atoms with Gasteiger partial charge in [-0.3, -0.25) is 4.68 Å². The van der Waals surface area contributed by atoms with E-state index in [1.807, 2.05) is 21.0 Å². The van der Waals surface area contributed by atoms with Gasteiger partial charge >= 0.3 is 5.97 Å². The van der Waals surface area contributed by atoms with E-state index in [4.69, 9.17) is 9.84 Å². The van der Waals surface area contributed by atoms with Crippen LogP contribution in [0, 0.1) is 12.8 Å². The average Bonchev–Trinajstić information content (AvgIpc) is 2.71. The predicted octanol–water partition coefficient (Wildman–Crippen LogP) is 1.69. The van der Waals surface area contributed by atoms with E-state index in [1.165, 1.54) is 6.42 Å². The fourth-order valence-electron chi connectivity index (χ4n) is 2.89. The first-order valence-corrected chi connectivity index (χ1v) is 7.22. The highest BCUT2D eigenvalue weighted by Gasteiger charge is 2.20. The van der Waals surface area contributed by atoms with E-state index >= 15 is 0 Å². The van der Waals surface area contributed by atoms with Gasteiger partial charge in [0.25, 0.3) is 0 Å². The highest BCUT2D eigenvalue weighted by Crippen LogP contribution is 2.25. The molecule has 6 nitrogen and oxygen atoms in total. The van der Waals surface area contributed by atoms with E-state index in [0.717, 1.165) is 49.3 Å². The summed E-state index contributed by atoms with van der Waals surface area (Å²) < 4.78 is 7.33. The molecule has 0 bridgehead atoms. The van der Waals surface area contributed by atoms with Crippen LogP contribution in [0.4, 0.5) is 5.82 Å². The summed E-state index contributed by atoms with van der Waals surface area (Å²) in [5.74, 6) is 0.498. The lowest BCUT2D eigenvalue weighted by Gasteiger charge is -2.28. The summed E-state index contributed by atoms with van der Waals surface area (Å²) in [7, 11) is 3.90. The van der Waals surface area contributed by atoms with Crippen LogP contribution in [0.5, 0.6) is 0 Å². The summed E-state index contributed by atoms with van der Waals surface area (Å²) in [5, 5.41) is 13.2. The average molecular weight is 293 g/mol. The molecule has 0 spiro atoms. The Labute approximate surface area is 125 Å². The van der Waals surface area contributed by atoms with Crippen molar-refractivity contribution in [3.8, 4) is 0 Å². The van der Waals surface area contributed by atoms with E-state index in [2.05, 4.69) is 10.00 Å². The minimum Gasteiger partial charge on any atom is -0.478 e. The maximum atomic E-state index is 10.7. The van der Waals surface area contributed by atoms with Gasteiger partial charge in [0.1, 0.15) is 5.82 Å². The van der Waals surface area contributed by atoms with Gasteiger partial charge in [-0.25, -0.2) is 4.79 Å². The Hall–Kier alpha value is -1.82. The number of aromatic nitrogens is 2. The normalized spacial score (nSPS) is 19.1. The molecule has 1 saturated heterocycles. The van der Waals surface area contributed by atoms with Crippen LogP contribution >= 0.6 is 0 Å². The number of aryl methyl sites for hydroxylation is 2. The number of carbonyl (C=O) groups is 1. The van der Waals surface area contributed by atoms with Gasteiger partial charge in [-0.2, -0.15) is 5.10 Å². The molecule has 0 radical (unpaired) electrons. The van der Waals surface area contributed by atoms with Crippen LogP contribution in [0.1, 0.15) is 24.1 Å². The third-order valence-corrected chi connectivity index (χ3v) is 3.78. The van der Waals surface area contributed by atoms with Gasteiger partial charge in [0.05, 0.1) is 12.3 Å². The van der Waals surface area contributed by atoms with Crippen LogP contribution < -0.4 is 4.90 Å². The third-order valence-electron chi connectivity index (χ3n) is 3.78. The molecular weight excluding hydrogens is 270 g/mol. The molecule has 0 amide bonds. The number of anilines is 1. The third kappa shape index (κ3) is 3.85. The molecule has 0 saturated carbocycles. The monoisotopic (exact) mass is 293 g/mol. The Kier molecular flexibility index (Phi) is 5.01. The van der Waals surface area contributed by atoms with Crippen molar-refractivity contribution in [3.05, 3.63) is 17.3 Å². The van der Waals surface area contributed by atoms with Gasteiger partial charge in [-0.15, -0.1) is 0 Å². The summed E-state index contributed by atoms with van der Waals surface area (Å²) in [4.78, 5) is 12.9. The number of hydrogen-bond donors (Lipinski definition) is 1. The van der Waals surface area contributed by atoms with Gasteiger partial charge in [0.15, 0.2) is 0 Å². The molecule has 2 rings (SSSR count). The second kappa shape index (κ2) is 6.76. The number of rotatable bonds is 5. The number of ether oxygens (including phenoxy) is 1. The van der Waals surface area contributed by atoms with Crippen molar-refractivity contribution >= 4 is 17.9 Å². The highest BCUT2D eigenvalue weighted by molar-refractivity contribution is 5.87. The summed E-state index contributed by atoms with van der Waals surface area (Å²) in [6.45, 7) is 4.43. The number of aliphatic carboxylic acids is 1. The van der Waals surface area contributed by atoms with E-state index < -0.39 is 5.97 Å². The molecule has 1 aliphatic rings. The SMILES string of the molecule is Cc1nn(C)c(N(C)CC2CCCOC2)c1C=CC(=O)O. The Morgan fingerprint density at radius 2 is 2.38 bits per heavy atom. The van der Waals surface area contributed by atoms with Crippen LogP contribution in [0.15, 0.2) is 6.08 Å². The molecule has 0 aliphatic carbocycles. The van der Waals surface area contributed by atoms with E-state index in [-0.39, 0.29) is 0 Å². The molecule has 21 heavy (non-hydrogen) atoms. The van der Waals surface area contributed by atoms with Gasteiger partial charge < -0.3 is 14.7 Å². The lowest BCUT2D eigenvalue weighted by Crippen LogP contribution is -2.32. The Bertz CT molecular complexity index is 531. The van der Waals surface area contributed by atoms with Crippen LogP contribution in [0.3, 0.4) is 0 Å². The minimum atomic E-state index is -0.951. The van der Waals surface area contributed by atoms with Crippen LogP contribution in [-0.4, -0.2) is 47.7 Å². The van der Waals surface area contributed by atoms with Crippen LogP contribution in [0.25, 0.3) is 6.08 Å². The smallest absolute Gasteiger partial charge is 0.328 e. The van der Waals surface area contributed by atoms with Gasteiger partial charge in [0.2, 0.25) is 0 Å². The number of carboxylic acids is 1. The lowest BCUT2D eigenvalue weighted by atomic mass is 10.0. The molecule has 2 heterocycles. The summed E-state index contributed by atoms with van der Waals surface area (Å²) in [6.07, 6.45) is 5.05. The Morgan fingerprint density at radius 1 is 1.62 bits per heavy atom. The fourth-order valence-corrected chi connectivity index (χ4v) is 2.89. The molecule has 116 valence electrons. The Balaban J connectivity index is 2.18. The zero-order valence-corrected chi connectivity index (χ0v) is 12.9. The molecule has 1 aromatic heterocycles. The quantitative estimate of drug-likeness (QED) is 0.837. The molecule has 0 aromatic carbocycles. The number of hydrogen-bond acceptors (Lipinski definition) is 4. The molecule has 6 heteroatoms. The van der Waals surface area contributed by atoms with Gasteiger partial charge in [0, 0.05) is 38.9 Å². The molecule has 1 aliphatic heterocycles. The largest absolute Gasteiger partial charge is 0.478 e. The standard InChI is InChI=1S/C15H23N3O3/c1-11-13(6-7-14(19)20)15(18(3)16-11)17(2)9-12-5-4-8-21-10-12/h6-7,12H,4-5,8-10H2,1-3H3,(H,19,20). The van der Waals surface area contributed by atoms with Crippen molar-refractivity contribution in [2.45, 2.75) is 19.8 Å². The van der Waals surface area contributed by atoms with Gasteiger partial charge in [-0.1, -0.05) is 0 Å². The number of carboxylic acid groups (broad SMARTS) is 1. The molecule has 1 aromatic rings. The van der Waals surface area contributed by atoms with Crippen molar-refractivity contribution in [1.29, 1.82) is 0 Å². The molecular formula is C15H23N3O3. The molecule has 1 fully saturated rings. The lowest BCUT2D eigenvalue weighted by molar-refractivity contribution is -0.131. The maximum Gasteiger partial charge on any atom is 0.328 e. The zero-order chi connectivity index (χ0) is 15.4. The second-order valence-corrected chi connectivity index (χ2v) is 5.58. The predicted molar refractivity (Wildman–Crippen MR) is 81.4 cm³/mol. The molecule has 1 N–H and O–H groups in total. The maximum absolute atomic E-state index is 10.7. The van der Waals surface area contributed by atoms with Crippen molar-refractivity contribution in [1.82, 2.24) is 9.78 Å². The first-order valence-electron chi connectivity index (χ1n) is 7.22. The summed E-state index contributed by atoms with van der Waals surface area (Å²) in [6, 6.07) is 0. The minimum absolute atomic E-state index is 0.509.